The zero-order valence-corrected chi connectivity index (χ0v) is 14.9. The van der Waals surface area contributed by atoms with Crippen LogP contribution in [0.3, 0.4) is 0 Å². The number of anilines is 1. The summed E-state index contributed by atoms with van der Waals surface area (Å²) in [5.74, 6) is 1.60. The lowest BCUT2D eigenvalue weighted by Gasteiger charge is -2.31. The molecule has 0 saturated carbocycles. The van der Waals surface area contributed by atoms with Crippen LogP contribution in [0.25, 0.3) is 16.7 Å². The quantitative estimate of drug-likeness (QED) is 0.742. The summed E-state index contributed by atoms with van der Waals surface area (Å²) >= 11 is 0. The molecule has 1 unspecified atom stereocenters. The van der Waals surface area contributed by atoms with Gasteiger partial charge in [-0.1, -0.05) is 25.1 Å². The Balaban J connectivity index is 1.75. The van der Waals surface area contributed by atoms with Crippen molar-refractivity contribution < 1.29 is 9.53 Å². The zero-order valence-electron chi connectivity index (χ0n) is 14.9. The molecule has 1 aliphatic rings. The first kappa shape index (κ1) is 16.6. The van der Waals surface area contributed by atoms with Crippen LogP contribution in [-0.2, 0) is 4.79 Å². The van der Waals surface area contributed by atoms with Gasteiger partial charge in [-0.05, 0) is 43.3 Å². The van der Waals surface area contributed by atoms with Gasteiger partial charge < -0.3 is 10.1 Å². The fourth-order valence-corrected chi connectivity index (χ4v) is 3.22. The van der Waals surface area contributed by atoms with E-state index in [1.165, 1.54) is 0 Å². The summed E-state index contributed by atoms with van der Waals surface area (Å²) in [6, 6.07) is 15.6. The Morgan fingerprint density at radius 3 is 2.81 bits per heavy atom. The first-order valence-electron chi connectivity index (χ1n) is 8.81. The fraction of sp³-hybridized carbons (Fsp3) is 0.300. The maximum absolute atomic E-state index is 12.7. The molecule has 26 heavy (non-hydrogen) atoms. The molecule has 134 valence electrons. The molecule has 6 heteroatoms. The molecule has 1 aliphatic heterocycles. The molecule has 1 fully saturated rings. The zero-order chi connectivity index (χ0) is 18.1. The van der Waals surface area contributed by atoms with Gasteiger partial charge in [0.1, 0.15) is 5.75 Å². The maximum atomic E-state index is 12.7. The predicted octanol–water partition coefficient (Wildman–Crippen LogP) is 2.83. The molecule has 2 heterocycles. The van der Waals surface area contributed by atoms with Crippen molar-refractivity contribution in [3.05, 3.63) is 48.5 Å². The van der Waals surface area contributed by atoms with E-state index in [2.05, 4.69) is 15.6 Å². The normalized spacial score (nSPS) is 15.5. The van der Waals surface area contributed by atoms with Gasteiger partial charge >= 0.3 is 0 Å². The third kappa shape index (κ3) is 2.93. The molecule has 0 spiro atoms. The number of nitrogens with one attached hydrogen (secondary N) is 2. The molecule has 1 amide bonds. The number of ether oxygens (including phenoxy) is 1. The van der Waals surface area contributed by atoms with Gasteiger partial charge in [-0.25, -0.2) is 4.98 Å². The van der Waals surface area contributed by atoms with Gasteiger partial charge in [-0.3, -0.25) is 14.7 Å². The molecular formula is C20H22N4O2. The van der Waals surface area contributed by atoms with Crippen LogP contribution < -0.4 is 15.4 Å². The highest BCUT2D eigenvalue weighted by Gasteiger charge is 2.29. The van der Waals surface area contributed by atoms with Crippen molar-refractivity contribution >= 4 is 22.9 Å². The molecule has 4 rings (SSSR count). The predicted molar refractivity (Wildman–Crippen MR) is 102 cm³/mol. The molecule has 3 aromatic rings. The molecule has 1 aromatic heterocycles. The van der Waals surface area contributed by atoms with Crippen molar-refractivity contribution in [2.75, 3.05) is 25.5 Å². The number of carbonyl (C=O) groups excluding carboxylic acids is 1. The van der Waals surface area contributed by atoms with Crippen LogP contribution in [0.1, 0.15) is 6.92 Å². The number of para-hydroxylation sites is 2. The van der Waals surface area contributed by atoms with E-state index in [4.69, 9.17) is 4.74 Å². The average molecular weight is 350 g/mol. The Morgan fingerprint density at radius 1 is 1.27 bits per heavy atom. The summed E-state index contributed by atoms with van der Waals surface area (Å²) in [6.45, 7) is 3.75. The van der Waals surface area contributed by atoms with Crippen molar-refractivity contribution in [1.29, 1.82) is 0 Å². The second kappa shape index (κ2) is 6.80. The number of hydrogen-bond donors (Lipinski definition) is 2. The van der Waals surface area contributed by atoms with Crippen molar-refractivity contribution in [2.24, 2.45) is 11.8 Å². The summed E-state index contributed by atoms with van der Waals surface area (Å²) in [7, 11) is 1.64. The van der Waals surface area contributed by atoms with E-state index in [1.54, 1.807) is 7.11 Å². The first-order valence-corrected chi connectivity index (χ1v) is 8.81. The van der Waals surface area contributed by atoms with Crippen molar-refractivity contribution in [3.8, 4) is 11.4 Å². The van der Waals surface area contributed by atoms with E-state index in [0.29, 0.717) is 11.9 Å². The molecule has 6 nitrogen and oxygen atoms in total. The van der Waals surface area contributed by atoms with Gasteiger partial charge in [0.05, 0.1) is 23.8 Å². The van der Waals surface area contributed by atoms with Crippen molar-refractivity contribution in [1.82, 2.24) is 14.9 Å². The highest BCUT2D eigenvalue weighted by molar-refractivity contribution is 5.94. The summed E-state index contributed by atoms with van der Waals surface area (Å²) in [5, 5.41) is 6.25. The number of nitrogens with zero attached hydrogens (tertiary/aromatic N) is 2. The lowest BCUT2D eigenvalue weighted by molar-refractivity contribution is -0.121. The highest BCUT2D eigenvalue weighted by Crippen LogP contribution is 2.27. The van der Waals surface area contributed by atoms with E-state index < -0.39 is 0 Å². The summed E-state index contributed by atoms with van der Waals surface area (Å²) < 4.78 is 7.31. The van der Waals surface area contributed by atoms with Crippen LogP contribution >= 0.6 is 0 Å². The van der Waals surface area contributed by atoms with Crippen LogP contribution in [0, 0.1) is 11.8 Å². The average Bonchev–Trinajstić information content (AvgIpc) is 2.98. The number of carbonyl (C=O) groups is 1. The number of benzene rings is 2. The van der Waals surface area contributed by atoms with E-state index in [9.17, 15) is 4.79 Å². The molecule has 0 bridgehead atoms. The Labute approximate surface area is 152 Å². The van der Waals surface area contributed by atoms with E-state index in [-0.39, 0.29) is 11.8 Å². The second-order valence-electron chi connectivity index (χ2n) is 6.66. The van der Waals surface area contributed by atoms with Crippen molar-refractivity contribution in [2.45, 2.75) is 6.92 Å². The van der Waals surface area contributed by atoms with Crippen LogP contribution in [-0.4, -0.2) is 35.7 Å². The summed E-state index contributed by atoms with van der Waals surface area (Å²) in [5.41, 5.74) is 2.67. The third-order valence-corrected chi connectivity index (χ3v) is 5.04. The van der Waals surface area contributed by atoms with Gasteiger partial charge in [-0.15, -0.1) is 0 Å². The number of rotatable bonds is 5. The van der Waals surface area contributed by atoms with Gasteiger partial charge in [0.15, 0.2) is 0 Å². The highest BCUT2D eigenvalue weighted by atomic mass is 16.5. The van der Waals surface area contributed by atoms with Crippen LogP contribution in [0.4, 0.5) is 5.95 Å². The Hall–Kier alpha value is -2.86. The van der Waals surface area contributed by atoms with Gasteiger partial charge in [0, 0.05) is 12.0 Å². The van der Waals surface area contributed by atoms with Crippen LogP contribution in [0.15, 0.2) is 48.5 Å². The van der Waals surface area contributed by atoms with Gasteiger partial charge in [-0.2, -0.15) is 0 Å². The SMILES string of the molecule is COc1cccc(-n2c(NC(=O)C(C)C3CNC3)nc3ccccc32)c1. The largest absolute Gasteiger partial charge is 0.497 e. The lowest BCUT2D eigenvalue weighted by atomic mass is 9.88. The first-order chi connectivity index (χ1) is 12.7. The molecule has 1 saturated heterocycles. The van der Waals surface area contributed by atoms with E-state index >= 15 is 0 Å². The minimum Gasteiger partial charge on any atom is -0.497 e. The molecule has 1 atom stereocenters. The topological polar surface area (TPSA) is 68.2 Å². The number of amides is 1. The molecule has 0 aliphatic carbocycles. The van der Waals surface area contributed by atoms with Gasteiger partial charge in [0.25, 0.3) is 0 Å². The lowest BCUT2D eigenvalue weighted by Crippen LogP contribution is -2.48. The molecular weight excluding hydrogens is 328 g/mol. The third-order valence-electron chi connectivity index (χ3n) is 5.04. The molecule has 2 aromatic carbocycles. The van der Waals surface area contributed by atoms with Crippen LogP contribution in [0.5, 0.6) is 5.75 Å². The molecule has 0 radical (unpaired) electrons. The van der Waals surface area contributed by atoms with Gasteiger partial charge in [0.2, 0.25) is 11.9 Å². The Bertz CT molecular complexity index is 946. The standard InChI is InChI=1S/C20H22N4O2/c1-13(14-11-21-12-14)19(25)23-20-22-17-8-3-4-9-18(17)24(20)15-6-5-7-16(10-15)26-2/h3-10,13-14,21H,11-12H2,1-2H3,(H,22,23,25). The summed E-state index contributed by atoms with van der Waals surface area (Å²) in [4.78, 5) is 17.4. The Morgan fingerprint density at radius 2 is 2.08 bits per heavy atom. The smallest absolute Gasteiger partial charge is 0.229 e. The number of fused-ring (bicyclic) bond motifs is 1. The van der Waals surface area contributed by atoms with E-state index in [1.807, 2.05) is 60.0 Å². The minimum absolute atomic E-state index is 0.00375. The monoisotopic (exact) mass is 350 g/mol. The fourth-order valence-electron chi connectivity index (χ4n) is 3.22. The number of imidazole rings is 1. The second-order valence-corrected chi connectivity index (χ2v) is 6.66. The molecule has 2 N–H and O–H groups in total. The Kier molecular flexibility index (Phi) is 4.34. The van der Waals surface area contributed by atoms with E-state index in [0.717, 1.165) is 35.6 Å². The minimum atomic E-state index is -0.0604. The number of methoxy groups -OCH3 is 1. The number of hydrogen-bond acceptors (Lipinski definition) is 4. The van der Waals surface area contributed by atoms with Crippen LogP contribution in [0.2, 0.25) is 0 Å². The summed E-state index contributed by atoms with van der Waals surface area (Å²) in [6.07, 6.45) is 0. The number of aromatic nitrogens is 2. The maximum Gasteiger partial charge on any atom is 0.229 e. The van der Waals surface area contributed by atoms with Crippen molar-refractivity contribution in [3.63, 3.8) is 0 Å².